The van der Waals surface area contributed by atoms with Crippen LogP contribution in [0.5, 0.6) is 0 Å². The van der Waals surface area contributed by atoms with Gasteiger partial charge in [0.2, 0.25) is 0 Å². The van der Waals surface area contributed by atoms with Crippen molar-refractivity contribution < 1.29 is 18.0 Å². The Bertz CT molecular complexity index is 1200. The van der Waals surface area contributed by atoms with Crippen molar-refractivity contribution in [1.29, 1.82) is 5.41 Å². The number of H-pyrrole nitrogens is 2. The Morgan fingerprint density at radius 1 is 1.06 bits per heavy atom. The Kier molecular flexibility index (Phi) is 6.40. The topological polar surface area (TPSA) is 114 Å². The molecule has 160 valence electrons. The number of rotatable bonds is 6. The van der Waals surface area contributed by atoms with Crippen molar-refractivity contribution >= 4 is 40.4 Å². The Morgan fingerprint density at radius 3 is 2.29 bits per heavy atom. The van der Waals surface area contributed by atoms with Crippen LogP contribution in [0, 0.1) is 5.41 Å². The molecule has 0 spiro atoms. The average Bonchev–Trinajstić information content (AvgIpc) is 3.13. The molecule has 11 heteroatoms. The van der Waals surface area contributed by atoms with Crippen LogP contribution in [0.15, 0.2) is 64.4 Å². The van der Waals surface area contributed by atoms with E-state index in [-0.39, 0.29) is 27.8 Å². The minimum atomic E-state index is -4.80. The van der Waals surface area contributed by atoms with Crippen LogP contribution in [0.1, 0.15) is 22.3 Å². The number of para-hydroxylation sites is 1. The first-order chi connectivity index (χ1) is 14.6. The maximum atomic E-state index is 12.9. The second-order valence-electron chi connectivity index (χ2n) is 6.37. The van der Waals surface area contributed by atoms with Gasteiger partial charge in [0.15, 0.2) is 0 Å². The van der Waals surface area contributed by atoms with Crippen molar-refractivity contribution in [2.24, 2.45) is 4.99 Å². The molecule has 0 aliphatic carbocycles. The molecule has 1 aromatic heterocycles. The Labute approximate surface area is 178 Å². The first-order valence-corrected chi connectivity index (χ1v) is 9.17. The van der Waals surface area contributed by atoms with Crippen molar-refractivity contribution in [2.45, 2.75) is 12.6 Å². The van der Waals surface area contributed by atoms with Crippen molar-refractivity contribution in [3.63, 3.8) is 0 Å². The lowest BCUT2D eigenvalue weighted by molar-refractivity contribution is -0.0605. The fraction of sp³-hybridized carbons (Fsp3) is 0.100. The number of carbonyl (C=O) groups excluding carboxylic acids is 1. The molecule has 0 aliphatic rings. The number of alkyl halides is 3. The number of carbonyl (C=O) groups is 1. The molecule has 3 aromatic rings. The summed E-state index contributed by atoms with van der Waals surface area (Å²) in [5.41, 5.74) is -1.16. The summed E-state index contributed by atoms with van der Waals surface area (Å²) in [6.45, 7) is 0. The van der Waals surface area contributed by atoms with Crippen LogP contribution in [0.4, 0.5) is 24.7 Å². The molecule has 3 rings (SSSR count). The normalized spacial score (nSPS) is 11.9. The Morgan fingerprint density at radius 2 is 1.71 bits per heavy atom. The maximum absolute atomic E-state index is 12.9. The van der Waals surface area contributed by atoms with Crippen molar-refractivity contribution in [3.05, 3.63) is 81.1 Å². The van der Waals surface area contributed by atoms with Gasteiger partial charge in [-0.15, -0.1) is 0 Å². The zero-order valence-corrected chi connectivity index (χ0v) is 16.4. The quantitative estimate of drug-likeness (QED) is 0.408. The smallest absolute Gasteiger partial charge is 0.307 e. The van der Waals surface area contributed by atoms with Gasteiger partial charge in [-0.25, -0.2) is 0 Å². The Hall–Kier alpha value is -3.66. The van der Waals surface area contributed by atoms with E-state index in [2.05, 4.69) is 20.5 Å². The predicted octanol–water partition coefficient (Wildman–Crippen LogP) is 4.70. The number of nitrogens with one attached hydrogen (secondary N) is 4. The van der Waals surface area contributed by atoms with Gasteiger partial charge in [-0.05, 0) is 29.8 Å². The number of amides is 1. The molecular formula is C20H15ClF3N5O2. The highest BCUT2D eigenvalue weighted by atomic mass is 35.5. The van der Waals surface area contributed by atoms with Crippen LogP contribution >= 0.6 is 11.6 Å². The highest BCUT2D eigenvalue weighted by molar-refractivity contribution is 6.33. The molecule has 4 N–H and O–H groups in total. The monoisotopic (exact) mass is 449 g/mol. The molecule has 0 atom stereocenters. The molecule has 31 heavy (non-hydrogen) atoms. The van der Waals surface area contributed by atoms with Crippen LogP contribution in [0.3, 0.4) is 0 Å². The highest BCUT2D eigenvalue weighted by Gasteiger charge is 2.35. The van der Waals surface area contributed by atoms with Crippen LogP contribution in [0.25, 0.3) is 0 Å². The highest BCUT2D eigenvalue weighted by Crippen LogP contribution is 2.27. The minimum absolute atomic E-state index is 0.0302. The van der Waals surface area contributed by atoms with Crippen LogP contribution < -0.4 is 10.9 Å². The van der Waals surface area contributed by atoms with Gasteiger partial charge in [-0.1, -0.05) is 35.9 Å². The fourth-order valence-corrected chi connectivity index (χ4v) is 2.75. The molecule has 0 unspecified atom stereocenters. The number of nitrogens with zero attached hydrogens (tertiary/aromatic N) is 1. The Balaban J connectivity index is 1.90. The van der Waals surface area contributed by atoms with Gasteiger partial charge in [-0.2, -0.15) is 13.2 Å². The third kappa shape index (κ3) is 5.70. The zero-order valence-electron chi connectivity index (χ0n) is 15.7. The molecule has 0 bridgehead atoms. The number of anilines is 1. The number of aliphatic imine (C=N–C) groups is 1. The number of aromatic nitrogens is 2. The number of benzene rings is 2. The minimum Gasteiger partial charge on any atom is -0.307 e. The summed E-state index contributed by atoms with van der Waals surface area (Å²) in [5.74, 6) is -0.368. The summed E-state index contributed by atoms with van der Waals surface area (Å²) in [7, 11) is 0. The lowest BCUT2D eigenvalue weighted by atomic mass is 10.0. The van der Waals surface area contributed by atoms with E-state index in [1.807, 2.05) is 0 Å². The molecule has 0 fully saturated rings. The fourth-order valence-electron chi connectivity index (χ4n) is 2.57. The molecule has 7 nitrogen and oxygen atoms in total. The number of hydrogen-bond donors (Lipinski definition) is 4. The zero-order chi connectivity index (χ0) is 22.6. The molecule has 1 heterocycles. The molecule has 1 amide bonds. The van der Waals surface area contributed by atoms with Gasteiger partial charge < -0.3 is 10.7 Å². The van der Waals surface area contributed by atoms with Crippen LogP contribution in [0.2, 0.25) is 5.02 Å². The van der Waals surface area contributed by atoms with E-state index in [0.717, 1.165) is 6.07 Å². The molecule has 0 radical (unpaired) electrons. The molecular weight excluding hydrogens is 435 g/mol. The third-order valence-corrected chi connectivity index (χ3v) is 4.44. The van der Waals surface area contributed by atoms with E-state index in [1.54, 1.807) is 24.3 Å². The summed E-state index contributed by atoms with van der Waals surface area (Å²) >= 11 is 6.06. The lowest BCUT2D eigenvalue weighted by Gasteiger charge is -2.12. The van der Waals surface area contributed by atoms with Crippen molar-refractivity contribution in [1.82, 2.24) is 10.2 Å². The molecule has 0 saturated carbocycles. The second kappa shape index (κ2) is 9.00. The molecule has 0 aliphatic heterocycles. The van der Waals surface area contributed by atoms with Crippen molar-refractivity contribution in [3.8, 4) is 0 Å². The van der Waals surface area contributed by atoms with Gasteiger partial charge in [0.05, 0.1) is 16.4 Å². The standard InChI is InChI=1S/C20H15ClF3N5O2/c21-13-3-1-2-4-14(13)26-15(9-16(25)20(22,23)24)11-5-7-12(8-6-11)19(31)27-17-10-18(30)29-28-17/h1-8,10,25H,9H2,(H3,27,28,29,30,31). The predicted molar refractivity (Wildman–Crippen MR) is 112 cm³/mol. The van der Waals surface area contributed by atoms with Gasteiger partial charge in [0.1, 0.15) is 11.5 Å². The first kappa shape index (κ1) is 22.0. The number of aromatic amines is 2. The summed E-state index contributed by atoms with van der Waals surface area (Å²) in [6.07, 6.45) is -5.57. The summed E-state index contributed by atoms with van der Waals surface area (Å²) in [6, 6.07) is 13.2. The number of hydrogen-bond acceptors (Lipinski definition) is 4. The molecule has 2 aromatic carbocycles. The van der Waals surface area contributed by atoms with Gasteiger partial charge >= 0.3 is 6.18 Å². The van der Waals surface area contributed by atoms with Crippen LogP contribution in [-0.4, -0.2) is 33.7 Å². The van der Waals surface area contributed by atoms with E-state index >= 15 is 0 Å². The SMILES string of the molecule is N=C(CC(=Nc1ccccc1Cl)c1ccc(C(=O)Nc2cc(=O)[nH][nH]2)cc1)C(F)(F)F. The van der Waals surface area contributed by atoms with Gasteiger partial charge in [-0.3, -0.25) is 24.8 Å². The van der Waals surface area contributed by atoms with E-state index in [0.29, 0.717) is 5.56 Å². The number of halogens is 4. The summed E-state index contributed by atoms with van der Waals surface area (Å²) < 4.78 is 38.8. The van der Waals surface area contributed by atoms with E-state index in [1.165, 1.54) is 24.3 Å². The van der Waals surface area contributed by atoms with E-state index < -0.39 is 29.8 Å². The average molecular weight is 450 g/mol. The van der Waals surface area contributed by atoms with E-state index in [4.69, 9.17) is 17.0 Å². The van der Waals surface area contributed by atoms with Crippen molar-refractivity contribution in [2.75, 3.05) is 5.32 Å². The second-order valence-corrected chi connectivity index (χ2v) is 6.77. The lowest BCUT2D eigenvalue weighted by Crippen LogP contribution is -2.25. The van der Waals surface area contributed by atoms with Gasteiger partial charge in [0, 0.05) is 18.1 Å². The van der Waals surface area contributed by atoms with E-state index in [9.17, 15) is 22.8 Å². The van der Waals surface area contributed by atoms with Gasteiger partial charge in [0.25, 0.3) is 11.5 Å². The first-order valence-electron chi connectivity index (χ1n) is 8.79. The summed E-state index contributed by atoms with van der Waals surface area (Å²) in [5, 5.41) is 14.8. The largest absolute Gasteiger partial charge is 0.429 e. The summed E-state index contributed by atoms with van der Waals surface area (Å²) in [4.78, 5) is 27.6. The molecule has 0 saturated heterocycles. The maximum Gasteiger partial charge on any atom is 0.429 e. The van der Waals surface area contributed by atoms with Crippen LogP contribution in [-0.2, 0) is 0 Å². The third-order valence-electron chi connectivity index (χ3n) is 4.12.